The molecule has 0 aromatic carbocycles. The third kappa shape index (κ3) is 20.0. The first-order valence-electron chi connectivity index (χ1n) is 7.51. The minimum absolute atomic E-state index is 0.0370. The minimum atomic E-state index is -0.0370. The van der Waals surface area contributed by atoms with Crippen LogP contribution in [0.25, 0.3) is 0 Å². The van der Waals surface area contributed by atoms with Crippen molar-refractivity contribution in [2.75, 3.05) is 19.8 Å². The first kappa shape index (κ1) is 22.0. The van der Waals surface area contributed by atoms with E-state index in [0.717, 1.165) is 45.3 Å². The molecule has 1 N–H and O–H groups in total. The summed E-state index contributed by atoms with van der Waals surface area (Å²) in [7, 11) is 0. The van der Waals surface area contributed by atoms with Gasteiger partial charge in [0.25, 0.3) is 0 Å². The summed E-state index contributed by atoms with van der Waals surface area (Å²) in [6, 6.07) is 2.12. The lowest BCUT2D eigenvalue weighted by Gasteiger charge is -2.09. The van der Waals surface area contributed by atoms with Crippen LogP contribution in [0, 0.1) is 11.3 Å². The molecule has 120 valence electrons. The molecule has 0 radical (unpaired) electrons. The van der Waals surface area contributed by atoms with Crippen molar-refractivity contribution in [2.45, 2.75) is 70.8 Å². The van der Waals surface area contributed by atoms with Gasteiger partial charge in [0.15, 0.2) is 6.29 Å². The molecular weight excluding hydrogens is 274 g/mol. The van der Waals surface area contributed by atoms with Crippen LogP contribution in [0.1, 0.15) is 59.3 Å². The van der Waals surface area contributed by atoms with Crippen molar-refractivity contribution in [2.24, 2.45) is 0 Å². The quantitative estimate of drug-likeness (QED) is 0.348. The van der Waals surface area contributed by atoms with Gasteiger partial charge in [0, 0.05) is 24.9 Å². The van der Waals surface area contributed by atoms with Gasteiger partial charge < -0.3 is 14.6 Å². The van der Waals surface area contributed by atoms with Crippen LogP contribution in [0.3, 0.4) is 0 Å². The van der Waals surface area contributed by atoms with Crippen molar-refractivity contribution in [3.05, 3.63) is 0 Å². The van der Waals surface area contributed by atoms with E-state index in [2.05, 4.69) is 18.7 Å². The predicted molar refractivity (Wildman–Crippen MR) is 85.9 cm³/mol. The van der Waals surface area contributed by atoms with E-state index in [0.29, 0.717) is 6.42 Å². The second kappa shape index (κ2) is 18.7. The molecule has 1 unspecified atom stereocenters. The first-order valence-corrected chi connectivity index (χ1v) is 8.02. The normalized spacial score (nSPS) is 11.7. The number of aliphatic hydroxyl groups is 1. The van der Waals surface area contributed by atoms with Crippen LogP contribution in [-0.4, -0.2) is 36.5 Å². The van der Waals surface area contributed by atoms with Crippen molar-refractivity contribution < 1.29 is 14.6 Å². The lowest BCUT2D eigenvalue weighted by Crippen LogP contribution is -2.11. The maximum absolute atomic E-state index is 8.66. The van der Waals surface area contributed by atoms with E-state index >= 15 is 0 Å². The lowest BCUT2D eigenvalue weighted by atomic mass is 10.1. The number of hydrogen-bond donors (Lipinski definition) is 2. The van der Waals surface area contributed by atoms with Gasteiger partial charge in [-0.15, -0.1) is 0 Å². The third-order valence-electron chi connectivity index (χ3n) is 2.59. The number of nitrogens with zero attached hydrogens (tertiary/aromatic N) is 1. The Bertz CT molecular complexity index is 216. The standard InChI is InChI=1S/C9H17NOS.C6H14O2/c10-7-5-3-1-2-4-6-9(12)8-11;1-4-7-6(3)8-5-2/h9,11-12H,1-6,8H2;6H,4-5H2,1-3H3. The fourth-order valence-corrected chi connectivity index (χ4v) is 1.73. The number of aliphatic hydroxyl groups excluding tert-OH is 1. The molecule has 0 aliphatic rings. The van der Waals surface area contributed by atoms with Crippen LogP contribution in [0.15, 0.2) is 0 Å². The molecule has 0 rings (SSSR count). The smallest absolute Gasteiger partial charge is 0.154 e. The van der Waals surface area contributed by atoms with E-state index in [1.54, 1.807) is 0 Å². The highest BCUT2D eigenvalue weighted by Gasteiger charge is 1.99. The Morgan fingerprint density at radius 2 is 1.65 bits per heavy atom. The Labute approximate surface area is 129 Å². The maximum Gasteiger partial charge on any atom is 0.154 e. The molecule has 0 aromatic rings. The summed E-state index contributed by atoms with van der Waals surface area (Å²) in [5, 5.41) is 17.0. The number of thiol groups is 1. The molecule has 0 aliphatic heterocycles. The Hall–Kier alpha value is -0.280. The molecule has 0 spiro atoms. The summed E-state index contributed by atoms with van der Waals surface area (Å²) in [6.07, 6.45) is 6.01. The average Bonchev–Trinajstić information content (AvgIpc) is 2.43. The van der Waals surface area contributed by atoms with E-state index < -0.39 is 0 Å². The first-order chi connectivity index (χ1) is 9.62. The molecule has 0 heterocycles. The summed E-state index contributed by atoms with van der Waals surface area (Å²) < 4.78 is 10.1. The molecule has 0 amide bonds. The van der Waals surface area contributed by atoms with Gasteiger partial charge in [-0.1, -0.05) is 19.3 Å². The number of ether oxygens (including phenoxy) is 2. The summed E-state index contributed by atoms with van der Waals surface area (Å²) in [4.78, 5) is 0. The monoisotopic (exact) mass is 305 g/mol. The van der Waals surface area contributed by atoms with Gasteiger partial charge in [-0.05, 0) is 33.6 Å². The van der Waals surface area contributed by atoms with E-state index in [-0.39, 0.29) is 18.1 Å². The van der Waals surface area contributed by atoms with Gasteiger partial charge >= 0.3 is 0 Å². The molecule has 4 nitrogen and oxygen atoms in total. The van der Waals surface area contributed by atoms with Crippen LogP contribution in [0.4, 0.5) is 0 Å². The topological polar surface area (TPSA) is 62.5 Å². The molecule has 1 atom stereocenters. The molecule has 0 bridgehead atoms. The van der Waals surface area contributed by atoms with Crippen molar-refractivity contribution in [3.8, 4) is 6.07 Å². The molecule has 0 aromatic heterocycles. The van der Waals surface area contributed by atoms with Crippen LogP contribution in [0.2, 0.25) is 0 Å². The average molecular weight is 305 g/mol. The molecular formula is C15H31NO3S. The SMILES string of the molecule is CCOC(C)OCC.N#CCCCCCCC(S)CO. The van der Waals surface area contributed by atoms with Crippen molar-refractivity contribution in [1.29, 1.82) is 5.26 Å². The van der Waals surface area contributed by atoms with Crippen molar-refractivity contribution in [3.63, 3.8) is 0 Å². The Morgan fingerprint density at radius 1 is 1.10 bits per heavy atom. The fraction of sp³-hybridized carbons (Fsp3) is 0.933. The molecule has 0 aliphatic carbocycles. The fourth-order valence-electron chi connectivity index (χ4n) is 1.55. The molecule has 20 heavy (non-hydrogen) atoms. The zero-order chi connectivity index (χ0) is 15.6. The van der Waals surface area contributed by atoms with Crippen molar-refractivity contribution in [1.82, 2.24) is 0 Å². The van der Waals surface area contributed by atoms with Crippen LogP contribution < -0.4 is 0 Å². The van der Waals surface area contributed by atoms with E-state index in [1.807, 2.05) is 20.8 Å². The number of rotatable bonds is 11. The highest BCUT2D eigenvalue weighted by atomic mass is 32.1. The molecule has 0 fully saturated rings. The van der Waals surface area contributed by atoms with E-state index in [4.69, 9.17) is 19.8 Å². The van der Waals surface area contributed by atoms with Crippen LogP contribution in [-0.2, 0) is 9.47 Å². The molecule has 5 heteroatoms. The highest BCUT2D eigenvalue weighted by Crippen LogP contribution is 2.09. The molecule has 0 saturated carbocycles. The Morgan fingerprint density at radius 3 is 2.10 bits per heavy atom. The Kier molecular flexibility index (Phi) is 20.6. The number of hydrogen-bond acceptors (Lipinski definition) is 5. The highest BCUT2D eigenvalue weighted by molar-refractivity contribution is 7.81. The Balaban J connectivity index is 0. The summed E-state index contributed by atoms with van der Waals surface area (Å²) in [5.74, 6) is 0. The lowest BCUT2D eigenvalue weighted by molar-refractivity contribution is -0.123. The van der Waals surface area contributed by atoms with Gasteiger partial charge in [-0.25, -0.2) is 0 Å². The van der Waals surface area contributed by atoms with Gasteiger partial charge in [-0.3, -0.25) is 0 Å². The number of unbranched alkanes of at least 4 members (excludes halogenated alkanes) is 4. The van der Waals surface area contributed by atoms with Gasteiger partial charge in [0.2, 0.25) is 0 Å². The molecule has 0 saturated heterocycles. The maximum atomic E-state index is 8.66. The zero-order valence-corrected chi connectivity index (χ0v) is 14.1. The van der Waals surface area contributed by atoms with Crippen molar-refractivity contribution >= 4 is 12.6 Å². The minimum Gasteiger partial charge on any atom is -0.395 e. The third-order valence-corrected chi connectivity index (χ3v) is 3.01. The van der Waals surface area contributed by atoms with Crippen LogP contribution in [0.5, 0.6) is 0 Å². The van der Waals surface area contributed by atoms with Crippen LogP contribution >= 0.6 is 12.6 Å². The van der Waals surface area contributed by atoms with Gasteiger partial charge in [0.05, 0.1) is 12.7 Å². The van der Waals surface area contributed by atoms with Gasteiger partial charge in [0.1, 0.15) is 0 Å². The summed E-state index contributed by atoms with van der Waals surface area (Å²) in [6.45, 7) is 7.42. The zero-order valence-electron chi connectivity index (χ0n) is 13.2. The number of nitriles is 1. The summed E-state index contributed by atoms with van der Waals surface area (Å²) >= 11 is 4.17. The second-order valence-corrected chi connectivity index (χ2v) is 5.16. The van der Waals surface area contributed by atoms with E-state index in [9.17, 15) is 0 Å². The van der Waals surface area contributed by atoms with E-state index in [1.165, 1.54) is 0 Å². The predicted octanol–water partition coefficient (Wildman–Crippen LogP) is 3.55. The van der Waals surface area contributed by atoms with Gasteiger partial charge in [-0.2, -0.15) is 17.9 Å². The summed E-state index contributed by atoms with van der Waals surface area (Å²) in [5.41, 5.74) is 0. The second-order valence-electron chi connectivity index (χ2n) is 4.43. The largest absolute Gasteiger partial charge is 0.395 e.